The molecule has 17 heavy (non-hydrogen) atoms. The van der Waals surface area contributed by atoms with Crippen LogP contribution >= 0.6 is 0 Å². The number of nitrogens with zero attached hydrogens (tertiary/aromatic N) is 1. The number of aliphatic hydroxyl groups is 1. The Kier molecular flexibility index (Phi) is 3.84. The van der Waals surface area contributed by atoms with E-state index in [1.54, 1.807) is 0 Å². The number of hydrogen-bond acceptors (Lipinski definition) is 3. The summed E-state index contributed by atoms with van der Waals surface area (Å²) in [5.74, 6) is -0.808. The summed E-state index contributed by atoms with van der Waals surface area (Å²) in [7, 11) is 0. The lowest BCUT2D eigenvalue weighted by Crippen LogP contribution is -2.44. The lowest BCUT2D eigenvalue weighted by Gasteiger charge is -2.36. The third-order valence-electron chi connectivity index (χ3n) is 4.06. The Hall–Kier alpha value is -0.870. The molecule has 0 radical (unpaired) electrons. The van der Waals surface area contributed by atoms with Crippen LogP contribution in [-0.4, -0.2) is 45.8 Å². The predicted molar refractivity (Wildman–Crippen MR) is 64.8 cm³/mol. The molecule has 4 nitrogen and oxygen atoms in total. The van der Waals surface area contributed by atoms with Crippen LogP contribution in [0, 0.1) is 0 Å². The lowest BCUT2D eigenvalue weighted by atomic mass is 10.00. The SMILES string of the molecule is CCC(=CCN1C2CCC1CC(O)C2)C(=O)O. The van der Waals surface area contributed by atoms with E-state index in [0.29, 0.717) is 24.1 Å². The fraction of sp³-hybridized carbons (Fsp3) is 0.769. The molecule has 0 aromatic heterocycles. The van der Waals surface area contributed by atoms with E-state index in [2.05, 4.69) is 4.90 Å². The van der Waals surface area contributed by atoms with Crippen LogP contribution < -0.4 is 0 Å². The van der Waals surface area contributed by atoms with Crippen molar-refractivity contribution in [2.45, 2.75) is 57.2 Å². The fourth-order valence-corrected chi connectivity index (χ4v) is 3.14. The van der Waals surface area contributed by atoms with Gasteiger partial charge in [0.2, 0.25) is 0 Å². The van der Waals surface area contributed by atoms with Crippen LogP contribution in [-0.2, 0) is 4.79 Å². The van der Waals surface area contributed by atoms with Crippen molar-refractivity contribution in [1.82, 2.24) is 4.90 Å². The Bertz CT molecular complexity index is 313. The Morgan fingerprint density at radius 2 is 1.94 bits per heavy atom. The second-order valence-corrected chi connectivity index (χ2v) is 5.10. The van der Waals surface area contributed by atoms with E-state index in [4.69, 9.17) is 5.11 Å². The van der Waals surface area contributed by atoms with Gasteiger partial charge in [-0.15, -0.1) is 0 Å². The van der Waals surface area contributed by atoms with Crippen LogP contribution in [0.4, 0.5) is 0 Å². The lowest BCUT2D eigenvalue weighted by molar-refractivity contribution is -0.132. The van der Waals surface area contributed by atoms with E-state index in [0.717, 1.165) is 32.2 Å². The summed E-state index contributed by atoms with van der Waals surface area (Å²) in [6.07, 6.45) is 6.23. The topological polar surface area (TPSA) is 60.8 Å². The third-order valence-corrected chi connectivity index (χ3v) is 4.06. The summed E-state index contributed by atoms with van der Waals surface area (Å²) in [5, 5.41) is 18.6. The molecule has 0 spiro atoms. The minimum absolute atomic E-state index is 0.155. The minimum atomic E-state index is -0.808. The van der Waals surface area contributed by atoms with Gasteiger partial charge in [-0.1, -0.05) is 13.0 Å². The quantitative estimate of drug-likeness (QED) is 0.728. The number of aliphatic hydroxyl groups excluding tert-OH is 1. The van der Waals surface area contributed by atoms with E-state index in [9.17, 15) is 9.90 Å². The van der Waals surface area contributed by atoms with Crippen LogP contribution in [0.3, 0.4) is 0 Å². The van der Waals surface area contributed by atoms with Crippen LogP contribution in [0.5, 0.6) is 0 Å². The van der Waals surface area contributed by atoms with Gasteiger partial charge in [-0.2, -0.15) is 0 Å². The first kappa shape index (κ1) is 12.6. The maximum Gasteiger partial charge on any atom is 0.331 e. The van der Waals surface area contributed by atoms with Gasteiger partial charge in [0.25, 0.3) is 0 Å². The van der Waals surface area contributed by atoms with E-state index in [1.165, 1.54) is 0 Å². The molecule has 2 fully saturated rings. The first-order valence-corrected chi connectivity index (χ1v) is 6.48. The van der Waals surface area contributed by atoms with Crippen LogP contribution in [0.2, 0.25) is 0 Å². The highest BCUT2D eigenvalue weighted by molar-refractivity contribution is 5.86. The molecule has 2 unspecified atom stereocenters. The molecule has 2 aliphatic rings. The van der Waals surface area contributed by atoms with Crippen LogP contribution in [0.15, 0.2) is 11.6 Å². The van der Waals surface area contributed by atoms with Crippen LogP contribution in [0.1, 0.15) is 39.0 Å². The Labute approximate surface area is 102 Å². The molecule has 2 atom stereocenters. The zero-order valence-electron chi connectivity index (χ0n) is 10.3. The van der Waals surface area contributed by atoms with Crippen molar-refractivity contribution in [2.75, 3.05) is 6.54 Å². The number of piperidine rings is 1. The largest absolute Gasteiger partial charge is 0.478 e. The summed E-state index contributed by atoms with van der Waals surface area (Å²) in [6, 6.07) is 0.902. The monoisotopic (exact) mass is 239 g/mol. The first-order valence-electron chi connectivity index (χ1n) is 6.48. The second-order valence-electron chi connectivity index (χ2n) is 5.10. The van der Waals surface area contributed by atoms with Crippen LogP contribution in [0.25, 0.3) is 0 Å². The van der Waals surface area contributed by atoms with Crippen molar-refractivity contribution in [3.63, 3.8) is 0 Å². The molecule has 2 aliphatic heterocycles. The van der Waals surface area contributed by atoms with Crippen molar-refractivity contribution in [2.24, 2.45) is 0 Å². The smallest absolute Gasteiger partial charge is 0.331 e. The maximum absolute atomic E-state index is 10.9. The zero-order chi connectivity index (χ0) is 12.4. The summed E-state index contributed by atoms with van der Waals surface area (Å²) in [5.41, 5.74) is 0.496. The highest BCUT2D eigenvalue weighted by Gasteiger charge is 2.39. The second kappa shape index (κ2) is 5.19. The fourth-order valence-electron chi connectivity index (χ4n) is 3.14. The molecule has 2 saturated heterocycles. The van der Waals surface area contributed by atoms with Gasteiger partial charge in [0.05, 0.1) is 6.10 Å². The predicted octanol–water partition coefficient (Wildman–Crippen LogP) is 1.40. The number of fused-ring (bicyclic) bond motifs is 2. The van der Waals surface area contributed by atoms with E-state index >= 15 is 0 Å². The van der Waals surface area contributed by atoms with Gasteiger partial charge in [0.15, 0.2) is 0 Å². The van der Waals surface area contributed by atoms with Crippen molar-refractivity contribution in [3.05, 3.63) is 11.6 Å². The highest BCUT2D eigenvalue weighted by atomic mass is 16.4. The standard InChI is InChI=1S/C13H21NO3/c1-2-9(13(16)17)5-6-14-10-3-4-11(14)8-12(15)7-10/h5,10-12,15H,2-4,6-8H2,1H3,(H,16,17). The Morgan fingerprint density at radius 3 is 2.41 bits per heavy atom. The molecule has 0 amide bonds. The van der Waals surface area contributed by atoms with Crippen molar-refractivity contribution in [3.8, 4) is 0 Å². The number of carboxylic acid groups (broad SMARTS) is 1. The molecule has 2 bridgehead atoms. The molecule has 2 heterocycles. The molecule has 0 aliphatic carbocycles. The minimum Gasteiger partial charge on any atom is -0.478 e. The molecule has 0 saturated carbocycles. The number of rotatable bonds is 4. The normalized spacial score (nSPS) is 34.0. The molecule has 4 heteroatoms. The summed E-state index contributed by atoms with van der Waals surface area (Å²) < 4.78 is 0. The first-order chi connectivity index (χ1) is 8.11. The molecule has 96 valence electrons. The van der Waals surface area contributed by atoms with E-state index in [1.807, 2.05) is 13.0 Å². The van der Waals surface area contributed by atoms with Gasteiger partial charge in [0, 0.05) is 24.2 Å². The summed E-state index contributed by atoms with van der Waals surface area (Å²) >= 11 is 0. The van der Waals surface area contributed by atoms with Gasteiger partial charge in [-0.3, -0.25) is 4.90 Å². The Balaban J connectivity index is 1.98. The van der Waals surface area contributed by atoms with Crippen molar-refractivity contribution >= 4 is 5.97 Å². The number of aliphatic carboxylic acids is 1. The number of carbonyl (C=O) groups is 1. The zero-order valence-corrected chi connectivity index (χ0v) is 10.3. The molecule has 0 aromatic rings. The van der Waals surface area contributed by atoms with Gasteiger partial charge in [-0.25, -0.2) is 4.79 Å². The number of hydrogen-bond donors (Lipinski definition) is 2. The Morgan fingerprint density at radius 1 is 1.35 bits per heavy atom. The van der Waals surface area contributed by atoms with Gasteiger partial charge in [-0.05, 0) is 32.1 Å². The van der Waals surface area contributed by atoms with Gasteiger partial charge < -0.3 is 10.2 Å². The average Bonchev–Trinajstić information content (AvgIpc) is 2.52. The van der Waals surface area contributed by atoms with Crippen molar-refractivity contribution in [1.29, 1.82) is 0 Å². The summed E-state index contributed by atoms with van der Waals surface area (Å²) in [6.45, 7) is 2.59. The van der Waals surface area contributed by atoms with Crippen molar-refractivity contribution < 1.29 is 15.0 Å². The highest BCUT2D eigenvalue weighted by Crippen LogP contribution is 2.35. The average molecular weight is 239 g/mol. The molecular weight excluding hydrogens is 218 g/mol. The molecule has 2 rings (SSSR count). The molecular formula is C13H21NO3. The van der Waals surface area contributed by atoms with E-state index in [-0.39, 0.29) is 6.10 Å². The van der Waals surface area contributed by atoms with E-state index < -0.39 is 5.97 Å². The third kappa shape index (κ3) is 2.69. The number of carboxylic acids is 1. The maximum atomic E-state index is 10.9. The molecule has 2 N–H and O–H groups in total. The van der Waals surface area contributed by atoms with Gasteiger partial charge in [0.1, 0.15) is 0 Å². The molecule has 0 aromatic carbocycles. The van der Waals surface area contributed by atoms with Gasteiger partial charge >= 0.3 is 5.97 Å². The summed E-state index contributed by atoms with van der Waals surface area (Å²) in [4.78, 5) is 13.3.